The highest BCUT2D eigenvalue weighted by Crippen LogP contribution is 2.27. The molecule has 24 heavy (non-hydrogen) atoms. The van der Waals surface area contributed by atoms with Crippen LogP contribution >= 0.6 is 11.3 Å². The van der Waals surface area contributed by atoms with E-state index < -0.39 is 0 Å². The van der Waals surface area contributed by atoms with Gasteiger partial charge in [-0.1, -0.05) is 13.8 Å². The van der Waals surface area contributed by atoms with E-state index in [0.29, 0.717) is 34.7 Å². The van der Waals surface area contributed by atoms with Gasteiger partial charge in [0, 0.05) is 19.0 Å². The van der Waals surface area contributed by atoms with Crippen LogP contribution in [0.2, 0.25) is 0 Å². The zero-order valence-corrected chi connectivity index (χ0v) is 14.3. The Morgan fingerprint density at radius 2 is 2.21 bits per heavy atom. The monoisotopic (exact) mass is 343 g/mol. The quantitative estimate of drug-likeness (QED) is 0.731. The summed E-state index contributed by atoms with van der Waals surface area (Å²) in [7, 11) is 0. The van der Waals surface area contributed by atoms with Crippen molar-refractivity contribution in [2.75, 3.05) is 6.54 Å². The maximum absolute atomic E-state index is 12.7. The highest BCUT2D eigenvalue weighted by Gasteiger charge is 2.27. The molecule has 1 amide bonds. The lowest BCUT2D eigenvalue weighted by Gasteiger charge is -2.27. The molecule has 0 atom stereocenters. The van der Waals surface area contributed by atoms with Gasteiger partial charge in [-0.05, 0) is 12.1 Å². The van der Waals surface area contributed by atoms with Crippen LogP contribution in [0, 0.1) is 0 Å². The fourth-order valence-corrected chi connectivity index (χ4v) is 3.68. The summed E-state index contributed by atoms with van der Waals surface area (Å²) in [4.78, 5) is 19.4. The van der Waals surface area contributed by atoms with Crippen molar-refractivity contribution in [1.82, 2.24) is 24.6 Å². The highest BCUT2D eigenvalue weighted by atomic mass is 32.1. The molecule has 0 unspecified atom stereocenters. The summed E-state index contributed by atoms with van der Waals surface area (Å²) in [6, 6.07) is 3.64. The van der Waals surface area contributed by atoms with E-state index in [9.17, 15) is 4.79 Å². The lowest BCUT2D eigenvalue weighted by atomic mass is 10.2. The molecule has 3 aromatic rings. The number of thiazole rings is 1. The van der Waals surface area contributed by atoms with Crippen LogP contribution in [-0.4, -0.2) is 37.1 Å². The predicted molar refractivity (Wildman–Crippen MR) is 88.7 cm³/mol. The number of fused-ring (bicyclic) bond motifs is 1. The van der Waals surface area contributed by atoms with Crippen LogP contribution in [-0.2, 0) is 13.1 Å². The molecule has 4 rings (SSSR count). The first-order chi connectivity index (χ1) is 11.6. The van der Waals surface area contributed by atoms with Crippen molar-refractivity contribution >= 4 is 17.2 Å². The number of amides is 1. The molecule has 7 nitrogen and oxygen atoms in total. The summed E-state index contributed by atoms with van der Waals surface area (Å²) >= 11 is 1.34. The number of carbonyl (C=O) groups is 1. The van der Waals surface area contributed by atoms with Crippen molar-refractivity contribution < 1.29 is 9.21 Å². The summed E-state index contributed by atoms with van der Waals surface area (Å²) in [5, 5.41) is 9.21. The minimum absolute atomic E-state index is 0.0225. The Balaban J connectivity index is 1.53. The van der Waals surface area contributed by atoms with Crippen molar-refractivity contribution in [1.29, 1.82) is 0 Å². The average molecular weight is 343 g/mol. The summed E-state index contributed by atoms with van der Waals surface area (Å²) < 4.78 is 7.45. The minimum atomic E-state index is -0.0225. The van der Waals surface area contributed by atoms with Crippen LogP contribution in [0.4, 0.5) is 0 Å². The van der Waals surface area contributed by atoms with Crippen LogP contribution in [0.5, 0.6) is 0 Å². The molecule has 0 N–H and O–H groups in total. The van der Waals surface area contributed by atoms with E-state index in [0.717, 1.165) is 18.2 Å². The van der Waals surface area contributed by atoms with Crippen molar-refractivity contribution in [3.05, 3.63) is 41.1 Å². The van der Waals surface area contributed by atoms with E-state index in [1.54, 1.807) is 17.4 Å². The molecular weight excluding hydrogens is 326 g/mol. The molecule has 0 bridgehead atoms. The third kappa shape index (κ3) is 2.52. The topological polar surface area (TPSA) is 77.1 Å². The minimum Gasteiger partial charge on any atom is -0.462 e. The molecule has 3 aromatic heterocycles. The molecule has 0 spiro atoms. The van der Waals surface area contributed by atoms with Crippen molar-refractivity contribution in [3.8, 4) is 10.8 Å². The average Bonchev–Trinajstić information content (AvgIpc) is 3.31. The van der Waals surface area contributed by atoms with E-state index in [4.69, 9.17) is 4.42 Å². The van der Waals surface area contributed by atoms with Gasteiger partial charge in [0.05, 0.1) is 19.0 Å². The van der Waals surface area contributed by atoms with Gasteiger partial charge >= 0.3 is 0 Å². The standard InChI is InChI=1S/C16H17N5O2S/c1-10(2)14-19-18-13-9-20(5-6-21(13)14)16(22)12-8-17-15(24-12)11-4-3-7-23-11/h3-4,7-8,10H,5-6,9H2,1-2H3. The molecule has 0 saturated heterocycles. The Labute approximate surface area is 142 Å². The van der Waals surface area contributed by atoms with Crippen LogP contribution in [0.15, 0.2) is 29.0 Å². The molecule has 1 aliphatic heterocycles. The second-order valence-electron chi connectivity index (χ2n) is 6.01. The SMILES string of the molecule is CC(C)c1nnc2n1CCN(C(=O)c1cnc(-c3ccco3)s1)C2. The van der Waals surface area contributed by atoms with Crippen LogP contribution in [0.3, 0.4) is 0 Å². The first-order valence-corrected chi connectivity index (χ1v) is 8.66. The zero-order valence-electron chi connectivity index (χ0n) is 13.5. The number of hydrogen-bond donors (Lipinski definition) is 0. The second-order valence-corrected chi connectivity index (χ2v) is 7.05. The van der Waals surface area contributed by atoms with Crippen LogP contribution in [0.25, 0.3) is 10.8 Å². The van der Waals surface area contributed by atoms with Gasteiger partial charge in [0.15, 0.2) is 16.6 Å². The van der Waals surface area contributed by atoms with E-state index in [-0.39, 0.29) is 5.91 Å². The molecule has 0 radical (unpaired) electrons. The van der Waals surface area contributed by atoms with E-state index in [1.165, 1.54) is 11.3 Å². The van der Waals surface area contributed by atoms with Crippen molar-refractivity contribution in [2.45, 2.75) is 32.9 Å². The third-order valence-corrected chi connectivity index (χ3v) is 5.03. The molecule has 0 aromatic carbocycles. The van der Waals surface area contributed by atoms with Crippen LogP contribution in [0.1, 0.15) is 41.1 Å². The number of carbonyl (C=O) groups excluding carboxylic acids is 1. The highest BCUT2D eigenvalue weighted by molar-refractivity contribution is 7.16. The Morgan fingerprint density at radius 1 is 1.33 bits per heavy atom. The molecule has 1 aliphatic rings. The Bertz CT molecular complexity index is 865. The van der Waals surface area contributed by atoms with Gasteiger partial charge in [-0.2, -0.15) is 0 Å². The third-order valence-electron chi connectivity index (χ3n) is 4.03. The predicted octanol–water partition coefficient (Wildman–Crippen LogP) is 2.77. The van der Waals surface area contributed by atoms with Crippen LogP contribution < -0.4 is 0 Å². The van der Waals surface area contributed by atoms with E-state index in [1.807, 2.05) is 12.1 Å². The first kappa shape index (κ1) is 15.1. The molecule has 8 heteroatoms. The smallest absolute Gasteiger partial charge is 0.266 e. The Kier molecular flexibility index (Phi) is 3.68. The zero-order chi connectivity index (χ0) is 16.7. The first-order valence-electron chi connectivity index (χ1n) is 7.84. The van der Waals surface area contributed by atoms with Gasteiger partial charge in [0.2, 0.25) is 0 Å². The van der Waals surface area contributed by atoms with Gasteiger partial charge in [0.25, 0.3) is 5.91 Å². The number of furan rings is 1. The van der Waals surface area contributed by atoms with Gasteiger partial charge in [-0.15, -0.1) is 21.5 Å². The summed E-state index contributed by atoms with van der Waals surface area (Å²) in [5.41, 5.74) is 0. The lowest BCUT2D eigenvalue weighted by molar-refractivity contribution is 0.0711. The fourth-order valence-electron chi connectivity index (χ4n) is 2.82. The van der Waals surface area contributed by atoms with Gasteiger partial charge in [-0.25, -0.2) is 4.98 Å². The largest absolute Gasteiger partial charge is 0.462 e. The summed E-state index contributed by atoms with van der Waals surface area (Å²) in [6.07, 6.45) is 3.21. The van der Waals surface area contributed by atoms with Crippen molar-refractivity contribution in [2.24, 2.45) is 0 Å². The van der Waals surface area contributed by atoms with Gasteiger partial charge in [0.1, 0.15) is 10.7 Å². The maximum Gasteiger partial charge on any atom is 0.266 e. The number of rotatable bonds is 3. The normalized spacial score (nSPS) is 14.2. The van der Waals surface area contributed by atoms with E-state index >= 15 is 0 Å². The number of aromatic nitrogens is 4. The van der Waals surface area contributed by atoms with Gasteiger partial charge in [-0.3, -0.25) is 4.79 Å². The van der Waals surface area contributed by atoms with Gasteiger partial charge < -0.3 is 13.9 Å². The lowest BCUT2D eigenvalue weighted by Crippen LogP contribution is -2.38. The Morgan fingerprint density at radius 3 is 2.96 bits per heavy atom. The molecule has 0 saturated carbocycles. The number of hydrogen-bond acceptors (Lipinski definition) is 6. The second kappa shape index (κ2) is 5.86. The maximum atomic E-state index is 12.7. The molecule has 4 heterocycles. The molecule has 124 valence electrons. The van der Waals surface area contributed by atoms with Crippen molar-refractivity contribution in [3.63, 3.8) is 0 Å². The molecular formula is C16H17N5O2S. The summed E-state index contributed by atoms with van der Waals surface area (Å²) in [5.74, 6) is 2.81. The summed E-state index contributed by atoms with van der Waals surface area (Å²) in [6.45, 7) is 6.06. The Hall–Kier alpha value is -2.48. The van der Waals surface area contributed by atoms with E-state index in [2.05, 4.69) is 33.6 Å². The fraction of sp³-hybridized carbons (Fsp3) is 0.375. The molecule has 0 aliphatic carbocycles. The molecule has 0 fully saturated rings. The number of nitrogens with zero attached hydrogens (tertiary/aromatic N) is 5.